The summed E-state index contributed by atoms with van der Waals surface area (Å²) in [5.74, 6) is 0. The van der Waals surface area contributed by atoms with Crippen LogP contribution in [0.15, 0.2) is 42.0 Å². The number of nitrogens with zero attached hydrogens (tertiary/aromatic N) is 1. The summed E-state index contributed by atoms with van der Waals surface area (Å²) in [5, 5.41) is 12.9. The summed E-state index contributed by atoms with van der Waals surface area (Å²) in [7, 11) is 0. The van der Waals surface area contributed by atoms with E-state index in [4.69, 9.17) is 34.8 Å². The molecule has 2 nitrogen and oxygen atoms in total. The Labute approximate surface area is 175 Å². The zero-order valence-electron chi connectivity index (χ0n) is 15.4. The van der Waals surface area contributed by atoms with Gasteiger partial charge in [-0.1, -0.05) is 46.9 Å². The summed E-state index contributed by atoms with van der Waals surface area (Å²) in [4.78, 5) is 2.36. The van der Waals surface area contributed by atoms with Crippen molar-refractivity contribution in [1.29, 1.82) is 0 Å². The van der Waals surface area contributed by atoms with E-state index in [0.29, 0.717) is 16.6 Å². The maximum atomic E-state index is 11.1. The lowest BCUT2D eigenvalue weighted by molar-refractivity contribution is 0.00761. The van der Waals surface area contributed by atoms with Crippen LogP contribution in [0, 0.1) is 0 Å². The standard InChI is InChI=1S/C22H22Cl3NO/c1-13-18-9-14-3-5-16(23)11-19(14)17(18)7-8-26(13)12-22(2,27)15-4-6-20(24)21(25)10-15/h3-6,10-11,13,27H,7-9,12H2,1-2H3. The highest BCUT2D eigenvalue weighted by molar-refractivity contribution is 6.42. The minimum Gasteiger partial charge on any atom is -0.384 e. The number of fused-ring (bicyclic) bond motifs is 2. The first-order chi connectivity index (χ1) is 12.8. The second kappa shape index (κ2) is 7.09. The number of hydrogen-bond donors (Lipinski definition) is 1. The van der Waals surface area contributed by atoms with Crippen molar-refractivity contribution in [1.82, 2.24) is 4.90 Å². The molecule has 0 bridgehead atoms. The van der Waals surface area contributed by atoms with E-state index >= 15 is 0 Å². The Hall–Kier alpha value is -1.03. The molecule has 0 radical (unpaired) electrons. The van der Waals surface area contributed by atoms with Gasteiger partial charge in [-0.05, 0) is 78.8 Å². The van der Waals surface area contributed by atoms with Crippen LogP contribution in [0.3, 0.4) is 0 Å². The number of benzene rings is 2. The number of hydrogen-bond acceptors (Lipinski definition) is 2. The summed E-state index contributed by atoms with van der Waals surface area (Å²) >= 11 is 18.4. The van der Waals surface area contributed by atoms with Gasteiger partial charge in [-0.3, -0.25) is 4.90 Å². The quantitative estimate of drug-likeness (QED) is 0.660. The average Bonchev–Trinajstić information content (AvgIpc) is 2.98. The van der Waals surface area contributed by atoms with Crippen LogP contribution in [0.5, 0.6) is 0 Å². The van der Waals surface area contributed by atoms with Gasteiger partial charge in [0.15, 0.2) is 0 Å². The van der Waals surface area contributed by atoms with E-state index in [1.54, 1.807) is 12.1 Å². The van der Waals surface area contributed by atoms with E-state index in [1.165, 1.54) is 22.3 Å². The Morgan fingerprint density at radius 1 is 1.11 bits per heavy atom. The summed E-state index contributed by atoms with van der Waals surface area (Å²) in [6.07, 6.45) is 1.94. The van der Waals surface area contributed by atoms with Gasteiger partial charge in [0, 0.05) is 24.2 Å². The van der Waals surface area contributed by atoms with Gasteiger partial charge in [0.05, 0.1) is 15.6 Å². The Bertz CT molecular complexity index is 935. The molecule has 2 unspecified atom stereocenters. The highest BCUT2D eigenvalue weighted by atomic mass is 35.5. The van der Waals surface area contributed by atoms with Gasteiger partial charge < -0.3 is 5.11 Å². The molecule has 2 aromatic rings. The predicted octanol–water partition coefficient (Wildman–Crippen LogP) is 5.96. The lowest BCUT2D eigenvalue weighted by atomic mass is 9.90. The Morgan fingerprint density at radius 2 is 1.89 bits per heavy atom. The summed E-state index contributed by atoms with van der Waals surface area (Å²) in [6.45, 7) is 5.52. The Kier molecular flexibility index (Phi) is 5.07. The van der Waals surface area contributed by atoms with Crippen LogP contribution in [-0.2, 0) is 12.0 Å². The van der Waals surface area contributed by atoms with Gasteiger partial charge in [-0.2, -0.15) is 0 Å². The molecule has 0 fully saturated rings. The molecular formula is C22H22Cl3NO. The van der Waals surface area contributed by atoms with Gasteiger partial charge in [0.25, 0.3) is 0 Å². The van der Waals surface area contributed by atoms with Crippen molar-refractivity contribution in [3.63, 3.8) is 0 Å². The number of rotatable bonds is 3. The molecular weight excluding hydrogens is 401 g/mol. The van der Waals surface area contributed by atoms with Gasteiger partial charge in [-0.25, -0.2) is 0 Å². The van der Waals surface area contributed by atoms with Crippen molar-refractivity contribution in [2.24, 2.45) is 0 Å². The van der Waals surface area contributed by atoms with E-state index < -0.39 is 5.60 Å². The van der Waals surface area contributed by atoms with Crippen molar-refractivity contribution in [2.75, 3.05) is 13.1 Å². The summed E-state index contributed by atoms with van der Waals surface area (Å²) in [5.41, 5.74) is 5.32. The van der Waals surface area contributed by atoms with E-state index in [9.17, 15) is 5.11 Å². The molecule has 0 aromatic heterocycles. The Balaban J connectivity index is 1.57. The van der Waals surface area contributed by atoms with Crippen molar-refractivity contribution in [3.05, 3.63) is 73.7 Å². The molecule has 142 valence electrons. The summed E-state index contributed by atoms with van der Waals surface area (Å²) < 4.78 is 0. The molecule has 2 atom stereocenters. The highest BCUT2D eigenvalue weighted by Gasteiger charge is 2.36. The molecule has 1 heterocycles. The molecule has 0 amide bonds. The monoisotopic (exact) mass is 421 g/mol. The van der Waals surface area contributed by atoms with E-state index in [2.05, 4.69) is 24.0 Å². The first-order valence-corrected chi connectivity index (χ1v) is 10.3. The first-order valence-electron chi connectivity index (χ1n) is 9.19. The molecule has 2 aliphatic rings. The minimum absolute atomic E-state index is 0.272. The van der Waals surface area contributed by atoms with E-state index in [1.807, 2.05) is 19.1 Å². The number of halogens is 3. The SMILES string of the molecule is CC1C2=C(CCN1CC(C)(O)c1ccc(Cl)c(Cl)c1)c1cc(Cl)ccc1C2. The zero-order valence-corrected chi connectivity index (χ0v) is 17.7. The summed E-state index contributed by atoms with van der Waals surface area (Å²) in [6, 6.07) is 11.8. The zero-order chi connectivity index (χ0) is 19.3. The van der Waals surface area contributed by atoms with Crippen LogP contribution in [0.1, 0.15) is 37.0 Å². The minimum atomic E-state index is -1.00. The molecule has 1 N–H and O–H groups in total. The molecule has 5 heteroatoms. The normalized spacial score (nSPS) is 21.8. The average molecular weight is 423 g/mol. The predicted molar refractivity (Wildman–Crippen MR) is 114 cm³/mol. The lowest BCUT2D eigenvalue weighted by Gasteiger charge is -2.39. The maximum Gasteiger partial charge on any atom is 0.0995 e. The Morgan fingerprint density at radius 3 is 2.63 bits per heavy atom. The van der Waals surface area contributed by atoms with Gasteiger partial charge in [0.1, 0.15) is 0 Å². The second-order valence-corrected chi connectivity index (χ2v) is 9.03. The number of aliphatic hydroxyl groups is 1. The van der Waals surface area contributed by atoms with Crippen LogP contribution < -0.4 is 0 Å². The van der Waals surface area contributed by atoms with Crippen molar-refractivity contribution < 1.29 is 5.11 Å². The van der Waals surface area contributed by atoms with Gasteiger partial charge in [-0.15, -0.1) is 0 Å². The fraction of sp³-hybridized carbons (Fsp3) is 0.364. The number of β-amino-alcohol motifs (C(OH)–C–C–N with tert-alkyl or cyclic N) is 1. The fourth-order valence-electron chi connectivity index (χ4n) is 4.37. The molecule has 1 aliphatic heterocycles. The van der Waals surface area contributed by atoms with E-state index in [-0.39, 0.29) is 6.04 Å². The van der Waals surface area contributed by atoms with Crippen LogP contribution in [0.25, 0.3) is 5.57 Å². The second-order valence-electron chi connectivity index (χ2n) is 7.78. The highest BCUT2D eigenvalue weighted by Crippen LogP contribution is 2.42. The van der Waals surface area contributed by atoms with Gasteiger partial charge in [0.2, 0.25) is 0 Å². The topological polar surface area (TPSA) is 23.5 Å². The van der Waals surface area contributed by atoms with Crippen LogP contribution in [0.2, 0.25) is 15.1 Å². The molecule has 2 aromatic carbocycles. The third-order valence-electron chi connectivity index (χ3n) is 5.92. The van der Waals surface area contributed by atoms with Crippen molar-refractivity contribution in [2.45, 2.75) is 38.3 Å². The van der Waals surface area contributed by atoms with Crippen LogP contribution >= 0.6 is 34.8 Å². The molecule has 0 saturated heterocycles. The molecule has 4 rings (SSSR count). The van der Waals surface area contributed by atoms with Gasteiger partial charge >= 0.3 is 0 Å². The van der Waals surface area contributed by atoms with Crippen molar-refractivity contribution >= 4 is 40.4 Å². The fourth-order valence-corrected chi connectivity index (χ4v) is 4.84. The smallest absolute Gasteiger partial charge is 0.0995 e. The molecule has 0 spiro atoms. The van der Waals surface area contributed by atoms with E-state index in [0.717, 1.165) is 30.0 Å². The molecule has 0 saturated carbocycles. The lowest BCUT2D eigenvalue weighted by Crippen LogP contribution is -2.46. The van der Waals surface area contributed by atoms with Crippen LogP contribution in [-0.4, -0.2) is 29.1 Å². The van der Waals surface area contributed by atoms with Crippen LogP contribution in [0.4, 0.5) is 0 Å². The molecule has 27 heavy (non-hydrogen) atoms. The largest absolute Gasteiger partial charge is 0.384 e. The van der Waals surface area contributed by atoms with Crippen molar-refractivity contribution in [3.8, 4) is 0 Å². The maximum absolute atomic E-state index is 11.1. The third-order valence-corrected chi connectivity index (χ3v) is 6.89. The molecule has 1 aliphatic carbocycles. The third kappa shape index (κ3) is 3.54. The first kappa shape index (κ1) is 19.3.